The Kier molecular flexibility index (Phi) is 6.91. The highest BCUT2D eigenvalue weighted by Gasteiger charge is 2.19. The smallest absolute Gasteiger partial charge is 0.164 e. The van der Waals surface area contributed by atoms with Crippen LogP contribution < -0.4 is 0 Å². The Morgan fingerprint density at radius 2 is 1.06 bits per heavy atom. The molecule has 0 bridgehead atoms. The number of hydrogen-bond acceptors (Lipinski definition) is 4. The first-order chi connectivity index (χ1) is 25.2. The molecular formula is C47H31N3O. The molecule has 0 N–H and O–H groups in total. The molecule has 7 aromatic carbocycles. The van der Waals surface area contributed by atoms with E-state index in [9.17, 15) is 0 Å². The second-order valence-electron chi connectivity index (χ2n) is 13.2. The number of rotatable bonds is 5. The van der Waals surface area contributed by atoms with Gasteiger partial charge in [0.25, 0.3) is 0 Å². The molecule has 240 valence electrons. The molecule has 9 aromatic rings. The summed E-state index contributed by atoms with van der Waals surface area (Å²) in [5.41, 5.74) is 12.1. The van der Waals surface area contributed by atoms with Crippen LogP contribution in [0.3, 0.4) is 0 Å². The Balaban J connectivity index is 1.09. The van der Waals surface area contributed by atoms with Crippen LogP contribution >= 0.6 is 0 Å². The molecule has 0 atom stereocenters. The van der Waals surface area contributed by atoms with Gasteiger partial charge in [0.15, 0.2) is 17.5 Å². The minimum Gasteiger partial charge on any atom is -0.456 e. The predicted molar refractivity (Wildman–Crippen MR) is 209 cm³/mol. The van der Waals surface area contributed by atoms with Crippen molar-refractivity contribution in [2.75, 3.05) is 0 Å². The number of benzene rings is 7. The molecule has 0 saturated heterocycles. The van der Waals surface area contributed by atoms with Gasteiger partial charge in [-0.15, -0.1) is 0 Å². The lowest BCUT2D eigenvalue weighted by molar-refractivity contribution is 0.669. The van der Waals surface area contributed by atoms with Crippen molar-refractivity contribution in [3.05, 3.63) is 174 Å². The van der Waals surface area contributed by atoms with E-state index in [1.807, 2.05) is 18.2 Å². The van der Waals surface area contributed by atoms with Crippen molar-refractivity contribution in [2.45, 2.75) is 12.8 Å². The van der Waals surface area contributed by atoms with Gasteiger partial charge in [0.05, 0.1) is 0 Å². The van der Waals surface area contributed by atoms with E-state index in [1.165, 1.54) is 38.6 Å². The minimum atomic E-state index is 0.648. The molecule has 0 spiro atoms. The fourth-order valence-corrected chi connectivity index (χ4v) is 7.41. The Hall–Kier alpha value is -6.65. The number of furan rings is 1. The topological polar surface area (TPSA) is 51.8 Å². The zero-order chi connectivity index (χ0) is 33.7. The van der Waals surface area contributed by atoms with Crippen molar-refractivity contribution in [3.63, 3.8) is 0 Å². The van der Waals surface area contributed by atoms with Crippen LogP contribution in [0.4, 0.5) is 0 Å². The van der Waals surface area contributed by atoms with E-state index in [1.54, 1.807) is 0 Å². The summed E-state index contributed by atoms with van der Waals surface area (Å²) >= 11 is 0. The summed E-state index contributed by atoms with van der Waals surface area (Å²) < 4.78 is 6.23. The van der Waals surface area contributed by atoms with Gasteiger partial charge in [-0.1, -0.05) is 140 Å². The summed E-state index contributed by atoms with van der Waals surface area (Å²) in [6, 6.07) is 55.0. The van der Waals surface area contributed by atoms with Gasteiger partial charge < -0.3 is 4.42 Å². The summed E-state index contributed by atoms with van der Waals surface area (Å²) in [5, 5.41) is 4.67. The maximum Gasteiger partial charge on any atom is 0.164 e. The van der Waals surface area contributed by atoms with Gasteiger partial charge in [0.1, 0.15) is 11.2 Å². The van der Waals surface area contributed by atoms with Crippen LogP contribution in [0.25, 0.3) is 89.7 Å². The first-order valence-corrected chi connectivity index (χ1v) is 17.4. The summed E-state index contributed by atoms with van der Waals surface area (Å²) in [6.45, 7) is 0. The molecule has 0 amide bonds. The molecule has 2 heterocycles. The third-order valence-electron chi connectivity index (χ3n) is 10.0. The Morgan fingerprint density at radius 3 is 1.90 bits per heavy atom. The molecule has 1 aliphatic carbocycles. The highest BCUT2D eigenvalue weighted by molar-refractivity contribution is 6.11. The number of nitrogens with zero attached hydrogens (tertiary/aromatic N) is 3. The lowest BCUT2D eigenvalue weighted by Crippen LogP contribution is -2.03. The van der Waals surface area contributed by atoms with E-state index in [0.29, 0.717) is 17.5 Å². The number of fused-ring (bicyclic) bond motifs is 5. The van der Waals surface area contributed by atoms with Crippen LogP contribution in [0, 0.1) is 0 Å². The predicted octanol–water partition coefficient (Wildman–Crippen LogP) is 12.1. The normalized spacial score (nSPS) is 12.7. The average Bonchev–Trinajstić information content (AvgIpc) is 3.59. The number of allylic oxidation sites excluding steroid dienone is 1. The molecule has 0 aliphatic heterocycles. The quantitative estimate of drug-likeness (QED) is 0.185. The maximum absolute atomic E-state index is 6.23. The molecule has 0 radical (unpaired) electrons. The third kappa shape index (κ3) is 5.29. The highest BCUT2D eigenvalue weighted by Crippen LogP contribution is 2.39. The van der Waals surface area contributed by atoms with Crippen molar-refractivity contribution < 1.29 is 4.42 Å². The first-order valence-electron chi connectivity index (χ1n) is 17.4. The summed E-state index contributed by atoms with van der Waals surface area (Å²) in [5.74, 6) is 1.96. The van der Waals surface area contributed by atoms with E-state index < -0.39 is 0 Å². The van der Waals surface area contributed by atoms with Crippen LogP contribution in [0.5, 0.6) is 0 Å². The summed E-state index contributed by atoms with van der Waals surface area (Å²) in [6.07, 6.45) is 4.27. The van der Waals surface area contributed by atoms with Gasteiger partial charge in [-0.25, -0.2) is 15.0 Å². The SMILES string of the molecule is C1=C(c2cccc3oc4ccccc4c23)CCc2ccc(-c3nc(-c4ccc(-c5ccccc5)cc4)nc(-c4ccc5ccccc5c4)n3)cc21. The van der Waals surface area contributed by atoms with Crippen LogP contribution in [0.1, 0.15) is 23.1 Å². The molecule has 51 heavy (non-hydrogen) atoms. The average molecular weight is 654 g/mol. The van der Waals surface area contributed by atoms with E-state index in [2.05, 4.69) is 146 Å². The molecule has 4 nitrogen and oxygen atoms in total. The van der Waals surface area contributed by atoms with Crippen LogP contribution in [0.15, 0.2) is 162 Å². The first kappa shape index (κ1) is 29.3. The fourth-order valence-electron chi connectivity index (χ4n) is 7.41. The van der Waals surface area contributed by atoms with Gasteiger partial charge in [-0.05, 0) is 81.3 Å². The van der Waals surface area contributed by atoms with Crippen molar-refractivity contribution in [1.82, 2.24) is 15.0 Å². The maximum atomic E-state index is 6.23. The fraction of sp³-hybridized carbons (Fsp3) is 0.0426. The van der Waals surface area contributed by atoms with Crippen LogP contribution in [-0.4, -0.2) is 15.0 Å². The van der Waals surface area contributed by atoms with E-state index in [4.69, 9.17) is 19.4 Å². The number of hydrogen-bond donors (Lipinski definition) is 0. The molecule has 10 rings (SSSR count). The van der Waals surface area contributed by atoms with Crippen molar-refractivity contribution in [1.29, 1.82) is 0 Å². The molecule has 1 aliphatic rings. The lowest BCUT2D eigenvalue weighted by Gasteiger charge is -2.18. The summed E-state index contributed by atoms with van der Waals surface area (Å²) in [4.78, 5) is 15.3. The molecule has 2 aromatic heterocycles. The number of aromatic nitrogens is 3. The third-order valence-corrected chi connectivity index (χ3v) is 10.0. The second kappa shape index (κ2) is 12.0. The lowest BCUT2D eigenvalue weighted by atomic mass is 9.86. The monoisotopic (exact) mass is 653 g/mol. The van der Waals surface area contributed by atoms with Gasteiger partial charge in [-0.3, -0.25) is 0 Å². The number of para-hydroxylation sites is 1. The van der Waals surface area contributed by atoms with Gasteiger partial charge in [0, 0.05) is 27.5 Å². The molecule has 0 fully saturated rings. The molecular weight excluding hydrogens is 623 g/mol. The van der Waals surface area contributed by atoms with Crippen molar-refractivity contribution in [3.8, 4) is 45.3 Å². The second-order valence-corrected chi connectivity index (χ2v) is 13.2. The van der Waals surface area contributed by atoms with Crippen molar-refractivity contribution >= 4 is 44.4 Å². The largest absolute Gasteiger partial charge is 0.456 e. The van der Waals surface area contributed by atoms with Crippen molar-refractivity contribution in [2.24, 2.45) is 0 Å². The Labute approximate surface area is 295 Å². The standard InChI is InChI=1S/C47H31N3O/c1-2-9-30(10-3-1)32-17-22-34(23-18-32)45-48-46(37-25-20-31-11-4-5-12-35(31)27-37)50-47(49-45)38-26-21-33-19-24-36(28-39(33)29-38)40-14-8-16-43-44(40)41-13-6-7-15-42(41)51-43/h1-18,20-23,25-29H,19,24H2. The Morgan fingerprint density at radius 1 is 0.431 bits per heavy atom. The highest BCUT2D eigenvalue weighted by atomic mass is 16.3. The molecule has 0 unspecified atom stereocenters. The van der Waals surface area contributed by atoms with Gasteiger partial charge >= 0.3 is 0 Å². The zero-order valence-electron chi connectivity index (χ0n) is 27.8. The van der Waals surface area contributed by atoms with Crippen LogP contribution in [-0.2, 0) is 6.42 Å². The van der Waals surface area contributed by atoms with E-state index in [-0.39, 0.29) is 0 Å². The van der Waals surface area contributed by atoms with Gasteiger partial charge in [-0.2, -0.15) is 0 Å². The minimum absolute atomic E-state index is 0.648. The zero-order valence-corrected chi connectivity index (χ0v) is 27.8. The Bertz CT molecular complexity index is 2800. The summed E-state index contributed by atoms with van der Waals surface area (Å²) in [7, 11) is 0. The molecule has 0 saturated carbocycles. The van der Waals surface area contributed by atoms with Crippen LogP contribution in [0.2, 0.25) is 0 Å². The number of aryl methyl sites for hydroxylation is 1. The van der Waals surface area contributed by atoms with Gasteiger partial charge in [0.2, 0.25) is 0 Å². The van der Waals surface area contributed by atoms with E-state index >= 15 is 0 Å². The van der Waals surface area contributed by atoms with E-state index in [0.717, 1.165) is 57.0 Å². The molecule has 4 heteroatoms.